The highest BCUT2D eigenvalue weighted by Gasteiger charge is 2.37. The number of rotatable bonds is 3. The average molecular weight is 395 g/mol. The first-order valence-corrected chi connectivity index (χ1v) is 9.51. The van der Waals surface area contributed by atoms with Gasteiger partial charge >= 0.3 is 0 Å². The molecule has 1 atom stereocenters. The lowest BCUT2D eigenvalue weighted by molar-refractivity contribution is -0.122. The Morgan fingerprint density at radius 1 is 1.25 bits per heavy atom. The molecule has 28 heavy (non-hydrogen) atoms. The molecule has 1 saturated heterocycles. The SMILES string of the molecule is O=C(Nc1nc2ccccc2s1)[C@@H]1CC(=O)N(c2n[nH]c3cccc(F)c23)C1. The van der Waals surface area contributed by atoms with Crippen molar-refractivity contribution in [3.63, 3.8) is 0 Å². The Balaban J connectivity index is 1.37. The lowest BCUT2D eigenvalue weighted by Gasteiger charge is -2.14. The van der Waals surface area contributed by atoms with Crippen molar-refractivity contribution in [1.82, 2.24) is 15.2 Å². The largest absolute Gasteiger partial charge is 0.302 e. The molecule has 0 saturated carbocycles. The maximum absolute atomic E-state index is 14.2. The highest BCUT2D eigenvalue weighted by atomic mass is 32.1. The van der Waals surface area contributed by atoms with E-state index in [1.54, 1.807) is 12.1 Å². The van der Waals surface area contributed by atoms with Crippen molar-refractivity contribution in [2.24, 2.45) is 5.92 Å². The number of hydrogen-bond acceptors (Lipinski definition) is 5. The summed E-state index contributed by atoms with van der Waals surface area (Å²) in [5, 5.41) is 10.4. The number of H-pyrrole nitrogens is 1. The predicted molar refractivity (Wildman–Crippen MR) is 105 cm³/mol. The minimum Gasteiger partial charge on any atom is -0.302 e. The van der Waals surface area contributed by atoms with Gasteiger partial charge in [0.25, 0.3) is 0 Å². The second-order valence-electron chi connectivity index (χ2n) is 6.59. The minimum atomic E-state index is -0.557. The van der Waals surface area contributed by atoms with Gasteiger partial charge < -0.3 is 5.32 Å². The number of carbonyl (C=O) groups is 2. The molecule has 1 aliphatic heterocycles. The highest BCUT2D eigenvalue weighted by Crippen LogP contribution is 2.32. The van der Waals surface area contributed by atoms with Crippen LogP contribution in [0, 0.1) is 11.7 Å². The number of aromatic amines is 1. The Morgan fingerprint density at radius 2 is 2.11 bits per heavy atom. The molecule has 4 aromatic rings. The molecule has 2 amide bonds. The van der Waals surface area contributed by atoms with Gasteiger partial charge in [-0.1, -0.05) is 29.5 Å². The fraction of sp³-hybridized carbons (Fsp3) is 0.158. The van der Waals surface area contributed by atoms with Crippen molar-refractivity contribution >= 4 is 55.2 Å². The van der Waals surface area contributed by atoms with E-state index in [4.69, 9.17) is 0 Å². The standard InChI is InChI=1S/C19H14FN5O2S/c20-11-4-3-6-13-16(11)17(24-23-13)25-9-10(8-15(25)26)18(27)22-19-21-12-5-1-2-7-14(12)28-19/h1-7,10H,8-9H2,(H,23,24)(H,21,22,27)/t10-/m1/s1. The van der Waals surface area contributed by atoms with Crippen LogP contribution in [0.1, 0.15) is 6.42 Å². The molecule has 1 aliphatic rings. The first kappa shape index (κ1) is 16.8. The number of anilines is 2. The topological polar surface area (TPSA) is 91.0 Å². The van der Waals surface area contributed by atoms with Gasteiger partial charge in [-0.25, -0.2) is 9.37 Å². The van der Waals surface area contributed by atoms with E-state index in [1.807, 2.05) is 24.3 Å². The van der Waals surface area contributed by atoms with Crippen LogP contribution in [0.5, 0.6) is 0 Å². The molecular weight excluding hydrogens is 381 g/mol. The highest BCUT2D eigenvalue weighted by molar-refractivity contribution is 7.22. The minimum absolute atomic E-state index is 0.0412. The summed E-state index contributed by atoms with van der Waals surface area (Å²) < 4.78 is 15.2. The quantitative estimate of drug-likeness (QED) is 0.557. The van der Waals surface area contributed by atoms with E-state index < -0.39 is 11.7 Å². The van der Waals surface area contributed by atoms with Crippen LogP contribution in [-0.2, 0) is 9.59 Å². The van der Waals surface area contributed by atoms with E-state index in [2.05, 4.69) is 20.5 Å². The monoisotopic (exact) mass is 395 g/mol. The predicted octanol–water partition coefficient (Wildman–Crippen LogP) is 3.30. The third-order valence-electron chi connectivity index (χ3n) is 4.79. The van der Waals surface area contributed by atoms with Crippen molar-refractivity contribution in [1.29, 1.82) is 0 Å². The normalized spacial score (nSPS) is 17.0. The van der Waals surface area contributed by atoms with Crippen LogP contribution in [-0.4, -0.2) is 33.5 Å². The lowest BCUT2D eigenvalue weighted by atomic mass is 10.1. The second-order valence-corrected chi connectivity index (χ2v) is 7.62. The number of carbonyl (C=O) groups excluding carboxylic acids is 2. The number of para-hydroxylation sites is 1. The Bertz CT molecular complexity index is 1200. The van der Waals surface area contributed by atoms with E-state index >= 15 is 0 Å². The number of nitrogens with zero attached hydrogens (tertiary/aromatic N) is 3. The van der Waals surface area contributed by atoms with Crippen molar-refractivity contribution in [2.45, 2.75) is 6.42 Å². The van der Waals surface area contributed by atoms with Crippen LogP contribution >= 0.6 is 11.3 Å². The van der Waals surface area contributed by atoms with Crippen LogP contribution < -0.4 is 10.2 Å². The summed E-state index contributed by atoms with van der Waals surface area (Å²) in [5.74, 6) is -1.35. The molecule has 0 unspecified atom stereocenters. The van der Waals surface area contributed by atoms with Crippen LogP contribution in [0.4, 0.5) is 15.3 Å². The van der Waals surface area contributed by atoms with Gasteiger partial charge in [-0.05, 0) is 24.3 Å². The molecule has 2 aromatic carbocycles. The molecule has 3 heterocycles. The molecule has 140 valence electrons. The molecule has 2 aromatic heterocycles. The number of amides is 2. The van der Waals surface area contributed by atoms with E-state index in [-0.39, 0.29) is 36.0 Å². The van der Waals surface area contributed by atoms with Crippen LogP contribution in [0.3, 0.4) is 0 Å². The molecule has 0 spiro atoms. The first-order chi connectivity index (χ1) is 13.6. The summed E-state index contributed by atoms with van der Waals surface area (Å²) in [6, 6.07) is 12.2. The Morgan fingerprint density at radius 3 is 2.96 bits per heavy atom. The van der Waals surface area contributed by atoms with E-state index in [0.29, 0.717) is 10.6 Å². The Kier molecular flexibility index (Phi) is 3.83. The van der Waals surface area contributed by atoms with Crippen molar-refractivity contribution in [3.05, 3.63) is 48.3 Å². The van der Waals surface area contributed by atoms with Gasteiger partial charge in [-0.3, -0.25) is 19.6 Å². The maximum atomic E-state index is 14.2. The third kappa shape index (κ3) is 2.71. The van der Waals surface area contributed by atoms with Gasteiger partial charge in [0, 0.05) is 13.0 Å². The Labute approximate surface area is 162 Å². The molecule has 7 nitrogen and oxygen atoms in total. The summed E-state index contributed by atoms with van der Waals surface area (Å²) in [6.07, 6.45) is 0.0412. The van der Waals surface area contributed by atoms with E-state index in [1.165, 1.54) is 22.3 Å². The van der Waals surface area contributed by atoms with Gasteiger partial charge in [0.2, 0.25) is 11.8 Å². The second kappa shape index (κ2) is 6.38. The fourth-order valence-corrected chi connectivity index (χ4v) is 4.30. The van der Waals surface area contributed by atoms with Crippen LogP contribution in [0.2, 0.25) is 0 Å². The van der Waals surface area contributed by atoms with Crippen molar-refractivity contribution in [3.8, 4) is 0 Å². The van der Waals surface area contributed by atoms with Gasteiger partial charge in [0.1, 0.15) is 5.82 Å². The molecule has 0 aliphatic carbocycles. The number of halogens is 1. The fourth-order valence-electron chi connectivity index (χ4n) is 3.43. The zero-order chi connectivity index (χ0) is 19.3. The summed E-state index contributed by atoms with van der Waals surface area (Å²) in [7, 11) is 0. The average Bonchev–Trinajstić information content (AvgIpc) is 3.37. The molecule has 5 rings (SSSR count). The maximum Gasteiger partial charge on any atom is 0.231 e. The number of fused-ring (bicyclic) bond motifs is 2. The van der Waals surface area contributed by atoms with Crippen LogP contribution in [0.15, 0.2) is 42.5 Å². The van der Waals surface area contributed by atoms with Gasteiger partial charge in [0.05, 0.1) is 27.0 Å². The Hall–Kier alpha value is -3.33. The number of hydrogen-bond donors (Lipinski definition) is 2. The molecule has 0 radical (unpaired) electrons. The first-order valence-electron chi connectivity index (χ1n) is 8.69. The van der Waals surface area contributed by atoms with Gasteiger partial charge in [0.15, 0.2) is 10.9 Å². The van der Waals surface area contributed by atoms with Crippen molar-refractivity contribution in [2.75, 3.05) is 16.8 Å². The summed E-state index contributed by atoms with van der Waals surface area (Å²) in [4.78, 5) is 30.9. The number of benzene rings is 2. The number of nitrogens with one attached hydrogen (secondary N) is 2. The van der Waals surface area contributed by atoms with Gasteiger partial charge in [-0.15, -0.1) is 0 Å². The van der Waals surface area contributed by atoms with E-state index in [0.717, 1.165) is 10.2 Å². The zero-order valence-corrected chi connectivity index (χ0v) is 15.3. The molecule has 0 bridgehead atoms. The van der Waals surface area contributed by atoms with Crippen molar-refractivity contribution < 1.29 is 14.0 Å². The van der Waals surface area contributed by atoms with E-state index in [9.17, 15) is 14.0 Å². The number of thiazole rings is 1. The van der Waals surface area contributed by atoms with Crippen LogP contribution in [0.25, 0.3) is 21.1 Å². The summed E-state index contributed by atoms with van der Waals surface area (Å²) in [5.41, 5.74) is 1.32. The number of aromatic nitrogens is 3. The molecule has 2 N–H and O–H groups in total. The smallest absolute Gasteiger partial charge is 0.231 e. The molecule has 1 fully saturated rings. The summed E-state index contributed by atoms with van der Waals surface area (Å²) in [6.45, 7) is 0.143. The lowest BCUT2D eigenvalue weighted by Crippen LogP contribution is -2.28. The zero-order valence-electron chi connectivity index (χ0n) is 14.5. The third-order valence-corrected chi connectivity index (χ3v) is 5.75. The molecule has 9 heteroatoms. The summed E-state index contributed by atoms with van der Waals surface area (Å²) >= 11 is 1.38. The molecular formula is C19H14FN5O2S. The van der Waals surface area contributed by atoms with Gasteiger partial charge in [-0.2, -0.15) is 5.10 Å².